The van der Waals surface area contributed by atoms with Gasteiger partial charge in [-0.15, -0.1) is 5.10 Å². The molecule has 0 bridgehead atoms. The highest BCUT2D eigenvalue weighted by atomic mass is 19.2. The van der Waals surface area contributed by atoms with Gasteiger partial charge in [-0.05, 0) is 24.3 Å². The molecule has 0 radical (unpaired) electrons. The van der Waals surface area contributed by atoms with Crippen LogP contribution in [-0.2, 0) is 6.67 Å². The Balaban J connectivity index is 1.85. The highest BCUT2D eigenvalue weighted by Crippen LogP contribution is 2.20. The van der Waals surface area contributed by atoms with E-state index in [9.17, 15) is 13.2 Å². The molecule has 0 saturated heterocycles. The van der Waals surface area contributed by atoms with Crippen molar-refractivity contribution in [2.24, 2.45) is 0 Å². The molecule has 0 spiro atoms. The summed E-state index contributed by atoms with van der Waals surface area (Å²) in [5, 5.41) is 10.5. The van der Waals surface area contributed by atoms with Crippen LogP contribution in [0, 0.1) is 17.5 Å². The lowest BCUT2D eigenvalue weighted by molar-refractivity contribution is 0.448. The number of fused-ring (bicyclic) bond motifs is 1. The van der Waals surface area contributed by atoms with E-state index in [0.717, 1.165) is 17.6 Å². The van der Waals surface area contributed by atoms with Gasteiger partial charge >= 0.3 is 0 Å². The quantitative estimate of drug-likeness (QED) is 0.749. The predicted octanol–water partition coefficient (Wildman–Crippen LogP) is 2.92. The van der Waals surface area contributed by atoms with Gasteiger partial charge in [-0.3, -0.25) is 0 Å². The van der Waals surface area contributed by atoms with Crippen molar-refractivity contribution >= 4 is 16.7 Å². The predicted molar refractivity (Wildman–Crippen MR) is 67.5 cm³/mol. The maximum Gasteiger partial charge on any atom is 0.196 e. The molecule has 0 amide bonds. The van der Waals surface area contributed by atoms with Crippen molar-refractivity contribution in [3.05, 3.63) is 53.8 Å². The van der Waals surface area contributed by atoms with Gasteiger partial charge in [0.2, 0.25) is 0 Å². The van der Waals surface area contributed by atoms with Crippen molar-refractivity contribution < 1.29 is 13.2 Å². The minimum Gasteiger partial charge on any atom is -0.364 e. The Morgan fingerprint density at radius 2 is 1.80 bits per heavy atom. The Bertz CT molecular complexity index is 769. The lowest BCUT2D eigenvalue weighted by Gasteiger charge is -2.08. The SMILES string of the molecule is Fc1ccc(NCn2nnc3ccccc32)c(F)c1F. The Labute approximate surface area is 111 Å². The summed E-state index contributed by atoms with van der Waals surface area (Å²) in [4.78, 5) is 0. The standard InChI is InChI=1S/C13H9F3N4/c14-8-5-6-10(13(16)12(8)15)17-7-20-11-4-2-1-3-9(11)18-19-20/h1-6,17H,7H2. The molecule has 0 saturated carbocycles. The second kappa shape index (κ2) is 4.84. The summed E-state index contributed by atoms with van der Waals surface area (Å²) in [6, 6.07) is 9.23. The molecule has 1 aromatic heterocycles. The van der Waals surface area contributed by atoms with Crippen LogP contribution in [0.15, 0.2) is 36.4 Å². The lowest BCUT2D eigenvalue weighted by atomic mass is 10.3. The normalized spacial score (nSPS) is 10.9. The van der Waals surface area contributed by atoms with Crippen LogP contribution < -0.4 is 5.32 Å². The fourth-order valence-electron chi connectivity index (χ4n) is 1.86. The second-order valence-corrected chi connectivity index (χ2v) is 4.14. The summed E-state index contributed by atoms with van der Waals surface area (Å²) in [5.74, 6) is -3.98. The molecule has 1 N–H and O–H groups in total. The van der Waals surface area contributed by atoms with E-state index in [2.05, 4.69) is 15.6 Å². The third-order valence-corrected chi connectivity index (χ3v) is 2.87. The molecule has 0 unspecified atom stereocenters. The minimum absolute atomic E-state index is 0.0858. The number of halogens is 3. The zero-order valence-corrected chi connectivity index (χ0v) is 10.1. The van der Waals surface area contributed by atoms with Gasteiger partial charge in [0.1, 0.15) is 12.2 Å². The second-order valence-electron chi connectivity index (χ2n) is 4.14. The summed E-state index contributed by atoms with van der Waals surface area (Å²) < 4.78 is 40.9. The van der Waals surface area contributed by atoms with E-state index in [4.69, 9.17) is 0 Å². The molecular weight excluding hydrogens is 269 g/mol. The molecule has 0 aliphatic rings. The lowest BCUT2D eigenvalue weighted by Crippen LogP contribution is -2.11. The van der Waals surface area contributed by atoms with Crippen LogP contribution in [0.1, 0.15) is 0 Å². The first-order valence-electron chi connectivity index (χ1n) is 5.82. The maximum absolute atomic E-state index is 13.5. The summed E-state index contributed by atoms with van der Waals surface area (Å²) in [7, 11) is 0. The molecule has 4 nitrogen and oxygen atoms in total. The van der Waals surface area contributed by atoms with Crippen LogP contribution >= 0.6 is 0 Å². The Morgan fingerprint density at radius 3 is 2.65 bits per heavy atom. The van der Waals surface area contributed by atoms with Crippen molar-refractivity contribution in [2.45, 2.75) is 6.67 Å². The van der Waals surface area contributed by atoms with Crippen LogP contribution in [0.25, 0.3) is 11.0 Å². The van der Waals surface area contributed by atoms with Crippen molar-refractivity contribution in [3.63, 3.8) is 0 Å². The summed E-state index contributed by atoms with van der Waals surface area (Å²) in [6.45, 7) is 0.0858. The van der Waals surface area contributed by atoms with Gasteiger partial charge in [0.05, 0.1) is 11.2 Å². The highest BCUT2D eigenvalue weighted by Gasteiger charge is 2.13. The van der Waals surface area contributed by atoms with Crippen LogP contribution in [-0.4, -0.2) is 15.0 Å². The van der Waals surface area contributed by atoms with E-state index in [0.29, 0.717) is 5.52 Å². The molecule has 1 heterocycles. The third-order valence-electron chi connectivity index (χ3n) is 2.87. The summed E-state index contributed by atoms with van der Waals surface area (Å²) in [5.41, 5.74) is 1.31. The Kier molecular flexibility index (Phi) is 3.02. The molecule has 20 heavy (non-hydrogen) atoms. The molecule has 3 aromatic rings. The van der Waals surface area contributed by atoms with Crippen molar-refractivity contribution in [3.8, 4) is 0 Å². The third kappa shape index (κ3) is 2.07. The van der Waals surface area contributed by atoms with Gasteiger partial charge in [0.25, 0.3) is 0 Å². The average Bonchev–Trinajstić information content (AvgIpc) is 2.87. The number of hydrogen-bond donors (Lipinski definition) is 1. The van der Waals surface area contributed by atoms with E-state index >= 15 is 0 Å². The van der Waals surface area contributed by atoms with E-state index in [1.807, 2.05) is 12.1 Å². The first kappa shape index (κ1) is 12.5. The number of aromatic nitrogens is 3. The molecule has 0 atom stereocenters. The molecule has 3 rings (SSSR count). The number of nitrogens with one attached hydrogen (secondary N) is 1. The van der Waals surface area contributed by atoms with E-state index in [1.54, 1.807) is 12.1 Å². The molecule has 2 aromatic carbocycles. The zero-order chi connectivity index (χ0) is 14.1. The minimum atomic E-state index is -1.50. The maximum atomic E-state index is 13.5. The average molecular weight is 278 g/mol. The fraction of sp³-hybridized carbons (Fsp3) is 0.0769. The van der Waals surface area contributed by atoms with Crippen LogP contribution in [0.3, 0.4) is 0 Å². The first-order chi connectivity index (χ1) is 9.66. The van der Waals surface area contributed by atoms with Crippen molar-refractivity contribution in [1.29, 1.82) is 0 Å². The van der Waals surface area contributed by atoms with Crippen molar-refractivity contribution in [2.75, 3.05) is 5.32 Å². The fourth-order valence-corrected chi connectivity index (χ4v) is 1.86. The van der Waals surface area contributed by atoms with Crippen LogP contribution in [0.5, 0.6) is 0 Å². The Hall–Kier alpha value is -2.57. The number of nitrogens with zero attached hydrogens (tertiary/aromatic N) is 3. The summed E-state index contributed by atoms with van der Waals surface area (Å²) >= 11 is 0. The van der Waals surface area contributed by atoms with Gasteiger partial charge in [-0.25, -0.2) is 17.9 Å². The van der Waals surface area contributed by atoms with E-state index in [1.165, 1.54) is 4.68 Å². The van der Waals surface area contributed by atoms with Gasteiger partial charge in [-0.2, -0.15) is 0 Å². The number of anilines is 1. The van der Waals surface area contributed by atoms with E-state index < -0.39 is 17.5 Å². The number of hydrogen-bond acceptors (Lipinski definition) is 3. The van der Waals surface area contributed by atoms with E-state index in [-0.39, 0.29) is 12.4 Å². The molecule has 0 fully saturated rings. The summed E-state index contributed by atoms with van der Waals surface area (Å²) in [6.07, 6.45) is 0. The van der Waals surface area contributed by atoms with Gasteiger partial charge in [0.15, 0.2) is 17.5 Å². The molecule has 0 aliphatic heterocycles. The van der Waals surface area contributed by atoms with Gasteiger partial charge in [-0.1, -0.05) is 17.3 Å². The van der Waals surface area contributed by atoms with Gasteiger partial charge in [0, 0.05) is 0 Å². The number of rotatable bonds is 3. The first-order valence-corrected chi connectivity index (χ1v) is 5.82. The molecular formula is C13H9F3N4. The Morgan fingerprint density at radius 1 is 1.00 bits per heavy atom. The monoisotopic (exact) mass is 278 g/mol. The smallest absolute Gasteiger partial charge is 0.196 e. The van der Waals surface area contributed by atoms with Gasteiger partial charge < -0.3 is 5.32 Å². The number of benzene rings is 2. The largest absolute Gasteiger partial charge is 0.364 e. The topological polar surface area (TPSA) is 42.7 Å². The molecule has 7 heteroatoms. The van der Waals surface area contributed by atoms with Crippen molar-refractivity contribution in [1.82, 2.24) is 15.0 Å². The molecule has 102 valence electrons. The van der Waals surface area contributed by atoms with Crippen LogP contribution in [0.2, 0.25) is 0 Å². The number of para-hydroxylation sites is 1. The molecule has 0 aliphatic carbocycles. The van der Waals surface area contributed by atoms with Crippen LogP contribution in [0.4, 0.5) is 18.9 Å². The zero-order valence-electron chi connectivity index (χ0n) is 10.1. The highest BCUT2D eigenvalue weighted by molar-refractivity contribution is 5.73.